The molecule has 0 atom stereocenters. The Morgan fingerprint density at radius 1 is 1.09 bits per heavy atom. The molecule has 1 N–H and O–H groups in total. The summed E-state index contributed by atoms with van der Waals surface area (Å²) in [5.41, 5.74) is -0.354. The summed E-state index contributed by atoms with van der Waals surface area (Å²) in [7, 11) is -2.25. The molecule has 4 rings (SSSR count). The van der Waals surface area contributed by atoms with Gasteiger partial charge in [-0.1, -0.05) is 13.3 Å². The minimum Gasteiger partial charge on any atom is -0.324 e. The zero-order valence-corrected chi connectivity index (χ0v) is 19.7. The molecule has 0 aliphatic carbocycles. The summed E-state index contributed by atoms with van der Waals surface area (Å²) in [6.07, 6.45) is 1.64. The number of nitrogens with zero attached hydrogens (tertiary/aromatic N) is 5. The molecule has 1 aliphatic rings. The van der Waals surface area contributed by atoms with Crippen LogP contribution < -0.4 is 11.2 Å². The van der Waals surface area contributed by atoms with Crippen molar-refractivity contribution in [2.45, 2.75) is 37.8 Å². The summed E-state index contributed by atoms with van der Waals surface area (Å²) in [4.78, 5) is 33.3. The van der Waals surface area contributed by atoms with Crippen molar-refractivity contribution in [3.63, 3.8) is 0 Å². The van der Waals surface area contributed by atoms with E-state index in [-0.39, 0.29) is 18.0 Å². The number of rotatable bonds is 7. The highest BCUT2D eigenvalue weighted by atomic mass is 32.2. The molecule has 0 spiro atoms. The Balaban J connectivity index is 1.52. The highest BCUT2D eigenvalue weighted by Crippen LogP contribution is 2.21. The Hall–Kier alpha value is -2.90. The topological polar surface area (TPSA) is 113 Å². The number of halogens is 2. The Kier molecular flexibility index (Phi) is 6.69. The number of aryl methyl sites for hydroxylation is 2. The van der Waals surface area contributed by atoms with Gasteiger partial charge in [0.2, 0.25) is 10.0 Å². The fourth-order valence-electron chi connectivity index (χ4n) is 4.07. The van der Waals surface area contributed by atoms with Gasteiger partial charge in [-0.05, 0) is 24.6 Å². The molecule has 13 heteroatoms. The van der Waals surface area contributed by atoms with E-state index in [2.05, 4.69) is 9.97 Å². The van der Waals surface area contributed by atoms with Gasteiger partial charge >= 0.3 is 5.69 Å². The van der Waals surface area contributed by atoms with Gasteiger partial charge in [-0.2, -0.15) is 4.31 Å². The Bertz CT molecular complexity index is 1440. The van der Waals surface area contributed by atoms with Crippen molar-refractivity contribution < 1.29 is 17.2 Å². The first-order chi connectivity index (χ1) is 16.1. The van der Waals surface area contributed by atoms with Gasteiger partial charge in [0.15, 0.2) is 22.8 Å². The van der Waals surface area contributed by atoms with E-state index in [9.17, 15) is 26.8 Å². The number of sulfonamides is 1. The van der Waals surface area contributed by atoms with Crippen LogP contribution in [0.2, 0.25) is 0 Å². The monoisotopic (exact) mass is 496 g/mol. The number of unbranched alkanes of at least 4 members (excludes halogenated alkanes) is 1. The zero-order chi connectivity index (χ0) is 24.6. The molecule has 0 bridgehead atoms. The second-order valence-electron chi connectivity index (χ2n) is 8.28. The molecule has 0 radical (unpaired) electrons. The number of aromatic nitrogens is 4. The summed E-state index contributed by atoms with van der Waals surface area (Å²) >= 11 is 0. The first-order valence-corrected chi connectivity index (χ1v) is 12.4. The molecule has 3 heterocycles. The van der Waals surface area contributed by atoms with E-state index >= 15 is 0 Å². The first-order valence-electron chi connectivity index (χ1n) is 11.0. The fourth-order valence-corrected chi connectivity index (χ4v) is 5.51. The lowest BCUT2D eigenvalue weighted by atomic mass is 10.3. The van der Waals surface area contributed by atoms with Crippen molar-refractivity contribution in [1.29, 1.82) is 0 Å². The maximum absolute atomic E-state index is 13.5. The van der Waals surface area contributed by atoms with Crippen LogP contribution in [-0.4, -0.2) is 62.9 Å². The standard InChI is InChI=1S/C21H26F2N6O4S/c1-3-4-7-29-19-18(20(30)25-21(29)31)26(2)17(24-19)13-27-8-10-28(11-9-27)34(32,33)14-5-6-15(22)16(23)12-14/h5-6,12H,3-4,7-11,13H2,1-2H3,(H,25,30,31). The molecule has 1 fully saturated rings. The lowest BCUT2D eigenvalue weighted by molar-refractivity contribution is 0.177. The number of imidazole rings is 1. The number of hydrogen-bond donors (Lipinski definition) is 1. The minimum absolute atomic E-state index is 0.160. The van der Waals surface area contributed by atoms with Crippen LogP contribution in [0.5, 0.6) is 0 Å². The van der Waals surface area contributed by atoms with Gasteiger partial charge in [0, 0.05) is 39.8 Å². The quantitative estimate of drug-likeness (QED) is 0.522. The molecule has 34 heavy (non-hydrogen) atoms. The van der Waals surface area contributed by atoms with Gasteiger partial charge in [-0.3, -0.25) is 19.2 Å². The van der Waals surface area contributed by atoms with Crippen LogP contribution >= 0.6 is 0 Å². The van der Waals surface area contributed by atoms with E-state index in [1.54, 1.807) is 11.6 Å². The van der Waals surface area contributed by atoms with Gasteiger partial charge in [0.25, 0.3) is 5.56 Å². The highest BCUT2D eigenvalue weighted by molar-refractivity contribution is 7.89. The normalized spacial score (nSPS) is 15.9. The lowest BCUT2D eigenvalue weighted by Crippen LogP contribution is -2.48. The summed E-state index contributed by atoms with van der Waals surface area (Å²) in [5, 5.41) is 0. The second kappa shape index (κ2) is 9.39. The largest absolute Gasteiger partial charge is 0.330 e. The molecule has 10 nitrogen and oxygen atoms in total. The van der Waals surface area contributed by atoms with Gasteiger partial charge in [0.05, 0.1) is 11.4 Å². The molecule has 1 aromatic carbocycles. The molecule has 0 amide bonds. The Labute approximate surface area is 194 Å². The van der Waals surface area contributed by atoms with Crippen molar-refractivity contribution >= 4 is 21.2 Å². The van der Waals surface area contributed by atoms with Crippen LogP contribution in [0.25, 0.3) is 11.2 Å². The summed E-state index contributed by atoms with van der Waals surface area (Å²) in [6, 6.07) is 2.53. The lowest BCUT2D eigenvalue weighted by Gasteiger charge is -2.33. The smallest absolute Gasteiger partial charge is 0.324 e. The van der Waals surface area contributed by atoms with Crippen LogP contribution in [-0.2, 0) is 30.2 Å². The van der Waals surface area contributed by atoms with E-state index < -0.39 is 32.9 Å². The first kappa shape index (κ1) is 24.2. The van der Waals surface area contributed by atoms with Gasteiger partial charge in [-0.15, -0.1) is 0 Å². The second-order valence-corrected chi connectivity index (χ2v) is 10.2. The molecule has 3 aromatic rings. The predicted octanol–water partition coefficient (Wildman–Crippen LogP) is 1.01. The van der Waals surface area contributed by atoms with Crippen molar-refractivity contribution in [3.05, 3.63) is 56.5 Å². The van der Waals surface area contributed by atoms with E-state index in [4.69, 9.17) is 0 Å². The van der Waals surface area contributed by atoms with Crippen molar-refractivity contribution in [2.75, 3.05) is 26.2 Å². The van der Waals surface area contributed by atoms with Crippen LogP contribution in [0.15, 0.2) is 32.7 Å². The fraction of sp³-hybridized carbons (Fsp3) is 0.476. The van der Waals surface area contributed by atoms with Crippen LogP contribution in [0.4, 0.5) is 8.78 Å². The molecule has 2 aromatic heterocycles. The number of piperazine rings is 1. The molecular formula is C21H26F2N6O4S. The van der Waals surface area contributed by atoms with Gasteiger partial charge < -0.3 is 4.57 Å². The number of hydrogen-bond acceptors (Lipinski definition) is 6. The summed E-state index contributed by atoms with van der Waals surface area (Å²) in [5.74, 6) is -1.74. The van der Waals surface area contributed by atoms with Crippen molar-refractivity contribution in [2.24, 2.45) is 7.05 Å². The summed E-state index contributed by atoms with van der Waals surface area (Å²) < 4.78 is 56.7. The van der Waals surface area contributed by atoms with E-state index in [0.717, 1.165) is 25.0 Å². The third-order valence-electron chi connectivity index (χ3n) is 6.07. The molecule has 1 aliphatic heterocycles. The van der Waals surface area contributed by atoms with E-state index in [0.29, 0.717) is 49.2 Å². The maximum Gasteiger partial charge on any atom is 0.330 e. The molecule has 184 valence electrons. The Morgan fingerprint density at radius 2 is 1.79 bits per heavy atom. The van der Waals surface area contributed by atoms with Crippen LogP contribution in [0.1, 0.15) is 25.6 Å². The molecule has 1 saturated heterocycles. The maximum atomic E-state index is 13.5. The number of aromatic amines is 1. The Morgan fingerprint density at radius 3 is 2.44 bits per heavy atom. The zero-order valence-electron chi connectivity index (χ0n) is 18.9. The molecule has 0 saturated carbocycles. The average Bonchev–Trinajstić information content (AvgIpc) is 3.12. The molecule has 0 unspecified atom stereocenters. The number of fused-ring (bicyclic) bond motifs is 1. The van der Waals surface area contributed by atoms with Crippen molar-refractivity contribution in [1.82, 2.24) is 28.3 Å². The van der Waals surface area contributed by atoms with Crippen molar-refractivity contribution in [3.8, 4) is 0 Å². The third kappa shape index (κ3) is 4.42. The highest BCUT2D eigenvalue weighted by Gasteiger charge is 2.30. The minimum atomic E-state index is -3.96. The van der Waals surface area contributed by atoms with Gasteiger partial charge in [0.1, 0.15) is 5.82 Å². The number of benzene rings is 1. The average molecular weight is 497 g/mol. The predicted molar refractivity (Wildman–Crippen MR) is 121 cm³/mol. The van der Waals surface area contributed by atoms with Crippen LogP contribution in [0, 0.1) is 11.6 Å². The van der Waals surface area contributed by atoms with E-state index in [1.807, 2.05) is 11.8 Å². The summed E-state index contributed by atoms with van der Waals surface area (Å²) in [6.45, 7) is 3.88. The van der Waals surface area contributed by atoms with Crippen LogP contribution in [0.3, 0.4) is 0 Å². The molecular weight excluding hydrogens is 470 g/mol. The number of H-pyrrole nitrogens is 1. The SMILES string of the molecule is CCCCn1c(=O)[nH]c(=O)c2c1nc(CN1CCN(S(=O)(=O)c3ccc(F)c(F)c3)CC1)n2C. The van der Waals surface area contributed by atoms with Gasteiger partial charge in [-0.25, -0.2) is 27.0 Å². The third-order valence-corrected chi connectivity index (χ3v) is 7.96. The van der Waals surface area contributed by atoms with E-state index in [1.165, 1.54) is 8.87 Å². The number of nitrogens with one attached hydrogen (secondary N) is 1.